The van der Waals surface area contributed by atoms with E-state index in [2.05, 4.69) is 30.2 Å². The Hall–Kier alpha value is -4.58. The zero-order valence-corrected chi connectivity index (χ0v) is 27.2. The minimum atomic E-state index is -2.93. The molecule has 0 atom stereocenters. The number of aromatic nitrogens is 5. The number of likely N-dealkylation sites (tertiary alicyclic amines) is 1. The largest absolute Gasteiger partial charge is 0.378 e. The van der Waals surface area contributed by atoms with E-state index in [9.17, 15) is 23.2 Å². The maximum Gasteiger partial charge on any atom is 0.281 e. The Kier molecular flexibility index (Phi) is 11.6. The predicted octanol–water partition coefficient (Wildman–Crippen LogP) is -0.194. The van der Waals surface area contributed by atoms with Gasteiger partial charge in [0, 0.05) is 77.1 Å². The highest BCUT2D eigenvalue weighted by atomic mass is 19.3. The highest BCUT2D eigenvalue weighted by Crippen LogP contribution is 2.30. The number of nitrogens with one attached hydrogen (secondary N) is 1. The molecule has 3 fully saturated rings. The summed E-state index contributed by atoms with van der Waals surface area (Å²) in [5.41, 5.74) is 4.96. The van der Waals surface area contributed by atoms with Crippen LogP contribution in [-0.2, 0) is 19.1 Å². The number of nitrogens with zero attached hydrogens (tertiary/aromatic N) is 10. The van der Waals surface area contributed by atoms with E-state index in [0.717, 1.165) is 0 Å². The number of amides is 3. The average molecular weight is 673 g/mol. The number of nitrogens with two attached hydrogens (primary N) is 1. The van der Waals surface area contributed by atoms with Gasteiger partial charge in [0.25, 0.3) is 6.43 Å². The Bertz CT molecular complexity index is 1470. The minimum Gasteiger partial charge on any atom is -0.378 e. The van der Waals surface area contributed by atoms with Crippen molar-refractivity contribution in [1.29, 1.82) is 0 Å². The number of halogens is 2. The summed E-state index contributed by atoms with van der Waals surface area (Å²) < 4.78 is 33.3. The number of hydrogen-bond donors (Lipinski definition) is 2. The van der Waals surface area contributed by atoms with Gasteiger partial charge in [-0.25, -0.2) is 18.7 Å². The molecule has 3 N–H and O–H groups in total. The minimum absolute atomic E-state index is 0.00555. The number of piperidine rings is 1. The van der Waals surface area contributed by atoms with Crippen LogP contribution in [0.15, 0.2) is 18.3 Å². The van der Waals surface area contributed by atoms with Gasteiger partial charge in [0.15, 0.2) is 5.82 Å². The number of alkyl halides is 2. The number of carbonyl (C=O) groups excluding carboxylic acids is 3. The molecule has 3 saturated heterocycles. The molecule has 0 aliphatic carbocycles. The second kappa shape index (κ2) is 16.0. The molecule has 16 nitrogen and oxygen atoms in total. The molecule has 5 heterocycles. The summed E-state index contributed by atoms with van der Waals surface area (Å²) in [6, 6.07) is 0. The van der Waals surface area contributed by atoms with Crippen LogP contribution >= 0.6 is 0 Å². The molecular formula is C30H42F2N12O4. The van der Waals surface area contributed by atoms with E-state index in [4.69, 9.17) is 10.5 Å². The van der Waals surface area contributed by atoms with Gasteiger partial charge in [-0.3, -0.25) is 14.4 Å². The fourth-order valence-electron chi connectivity index (χ4n) is 5.68. The van der Waals surface area contributed by atoms with Crippen molar-refractivity contribution in [2.45, 2.75) is 19.3 Å². The molecule has 18 heteroatoms. The van der Waals surface area contributed by atoms with Gasteiger partial charge in [0.2, 0.25) is 35.6 Å². The van der Waals surface area contributed by atoms with Crippen molar-refractivity contribution in [1.82, 2.24) is 44.9 Å². The average Bonchev–Trinajstić information content (AvgIpc) is 3.10. The van der Waals surface area contributed by atoms with E-state index in [-0.39, 0.29) is 53.5 Å². The molecule has 48 heavy (non-hydrogen) atoms. The van der Waals surface area contributed by atoms with Crippen molar-refractivity contribution < 1.29 is 27.9 Å². The van der Waals surface area contributed by atoms with Gasteiger partial charge in [-0.1, -0.05) is 6.08 Å². The maximum absolute atomic E-state index is 13.9. The Morgan fingerprint density at radius 1 is 0.958 bits per heavy atom. The van der Waals surface area contributed by atoms with Crippen molar-refractivity contribution in [2.24, 2.45) is 5.92 Å². The molecule has 2 aromatic heterocycles. The number of anilines is 3. The second-order valence-corrected chi connectivity index (χ2v) is 12.0. The van der Waals surface area contributed by atoms with Crippen molar-refractivity contribution in [3.8, 4) is 11.4 Å². The molecule has 5 rings (SSSR count). The molecule has 2 aromatic rings. The van der Waals surface area contributed by atoms with Crippen LogP contribution in [0.25, 0.3) is 11.4 Å². The van der Waals surface area contributed by atoms with Crippen LogP contribution in [0, 0.1) is 5.92 Å². The van der Waals surface area contributed by atoms with E-state index in [1.54, 1.807) is 15.9 Å². The first-order valence-corrected chi connectivity index (χ1v) is 16.0. The summed E-state index contributed by atoms with van der Waals surface area (Å²) in [5, 5.41) is 2.77. The number of hydrogen-bond acceptors (Lipinski definition) is 13. The van der Waals surface area contributed by atoms with E-state index in [1.165, 1.54) is 6.20 Å². The predicted molar refractivity (Wildman–Crippen MR) is 172 cm³/mol. The molecule has 0 unspecified atom stereocenters. The summed E-state index contributed by atoms with van der Waals surface area (Å²) in [5.74, 6) is -0.436. The summed E-state index contributed by atoms with van der Waals surface area (Å²) in [6.45, 7) is 4.93. The number of likely N-dealkylation sites (N-methyl/N-ethyl adjacent to an activating group) is 1. The first-order chi connectivity index (χ1) is 23.1. The number of morpholine rings is 1. The zero-order chi connectivity index (χ0) is 34.2. The van der Waals surface area contributed by atoms with E-state index < -0.39 is 12.1 Å². The number of nitrogen functional groups attached to an aromatic ring is 1. The van der Waals surface area contributed by atoms with Crippen LogP contribution in [0.4, 0.5) is 26.6 Å². The Balaban J connectivity index is 1.16. The van der Waals surface area contributed by atoms with Crippen LogP contribution in [0.2, 0.25) is 0 Å². The first kappa shape index (κ1) is 34.7. The normalized spacial score (nSPS) is 17.9. The lowest BCUT2D eigenvalue weighted by Crippen LogP contribution is -2.52. The molecule has 0 saturated carbocycles. The second-order valence-electron chi connectivity index (χ2n) is 12.0. The van der Waals surface area contributed by atoms with Gasteiger partial charge in [-0.2, -0.15) is 15.0 Å². The van der Waals surface area contributed by atoms with E-state index >= 15 is 0 Å². The fraction of sp³-hybridized carbons (Fsp3) is 0.600. The number of ether oxygens (including phenoxy) is 1. The monoisotopic (exact) mass is 672 g/mol. The van der Waals surface area contributed by atoms with Crippen LogP contribution in [0.5, 0.6) is 0 Å². The standard InChI is InChI=1S/C30H42F2N12O4/c1-40(2)7-3-4-22(45)41-8-5-20(6-9-41)27(47)34-19-23(46)42-10-12-43(13-11-42)29-37-26(21-18-35-28(33)36-24(21)25(31)32)38-30(39-29)44-14-16-48-17-15-44/h3-4,18,20,25H,5-17,19H2,1-2H3,(H,34,47)(H2,33,35,36)/b4-3+. The number of piperazine rings is 1. The zero-order valence-electron chi connectivity index (χ0n) is 27.2. The van der Waals surface area contributed by atoms with Crippen molar-refractivity contribution in [2.75, 3.05) is 108 Å². The first-order valence-electron chi connectivity index (χ1n) is 16.0. The molecular weight excluding hydrogens is 630 g/mol. The third-order valence-electron chi connectivity index (χ3n) is 8.43. The quantitative estimate of drug-likeness (QED) is 0.318. The number of rotatable bonds is 10. The van der Waals surface area contributed by atoms with Gasteiger partial charge in [0.05, 0.1) is 25.3 Å². The van der Waals surface area contributed by atoms with Crippen LogP contribution in [0.3, 0.4) is 0 Å². The van der Waals surface area contributed by atoms with Crippen molar-refractivity contribution in [3.05, 3.63) is 24.0 Å². The van der Waals surface area contributed by atoms with Gasteiger partial charge in [-0.15, -0.1) is 0 Å². The van der Waals surface area contributed by atoms with Crippen LogP contribution in [-0.4, -0.2) is 150 Å². The third-order valence-corrected chi connectivity index (χ3v) is 8.43. The number of carbonyl (C=O) groups is 3. The lowest BCUT2D eigenvalue weighted by atomic mass is 9.96. The summed E-state index contributed by atoms with van der Waals surface area (Å²) in [6.07, 6.45) is 2.72. The van der Waals surface area contributed by atoms with Crippen molar-refractivity contribution in [3.63, 3.8) is 0 Å². The summed E-state index contributed by atoms with van der Waals surface area (Å²) in [4.78, 5) is 68.6. The molecule has 3 amide bonds. The molecule has 0 aromatic carbocycles. The Morgan fingerprint density at radius 3 is 2.23 bits per heavy atom. The molecule has 0 spiro atoms. The molecule has 3 aliphatic heterocycles. The lowest BCUT2D eigenvalue weighted by molar-refractivity contribution is -0.135. The van der Waals surface area contributed by atoms with Crippen LogP contribution < -0.4 is 20.9 Å². The van der Waals surface area contributed by atoms with E-state index in [1.807, 2.05) is 34.9 Å². The lowest BCUT2D eigenvalue weighted by Gasteiger charge is -2.35. The smallest absolute Gasteiger partial charge is 0.281 e. The molecule has 3 aliphatic rings. The SMILES string of the molecule is CN(C)C/C=C/C(=O)N1CCC(C(=O)NCC(=O)N2CCN(c3nc(-c4cnc(N)nc4C(F)F)nc(N4CCOCC4)n3)CC2)CC1. The van der Waals surface area contributed by atoms with Crippen molar-refractivity contribution >= 4 is 35.6 Å². The summed E-state index contributed by atoms with van der Waals surface area (Å²) in [7, 11) is 3.85. The Morgan fingerprint density at radius 2 is 1.60 bits per heavy atom. The highest BCUT2D eigenvalue weighted by molar-refractivity contribution is 5.88. The van der Waals surface area contributed by atoms with Gasteiger partial charge >= 0.3 is 0 Å². The van der Waals surface area contributed by atoms with Crippen LogP contribution in [0.1, 0.15) is 25.0 Å². The highest BCUT2D eigenvalue weighted by Gasteiger charge is 2.29. The molecule has 0 radical (unpaired) electrons. The Labute approximate surface area is 277 Å². The van der Waals surface area contributed by atoms with Gasteiger partial charge in [-0.05, 0) is 26.9 Å². The molecule has 0 bridgehead atoms. The molecule has 260 valence electrons. The fourth-order valence-corrected chi connectivity index (χ4v) is 5.68. The maximum atomic E-state index is 13.9. The summed E-state index contributed by atoms with van der Waals surface area (Å²) >= 11 is 0. The van der Waals surface area contributed by atoms with Gasteiger partial charge < -0.3 is 40.3 Å². The third kappa shape index (κ3) is 8.85. The van der Waals surface area contributed by atoms with E-state index in [0.29, 0.717) is 90.9 Å². The van der Waals surface area contributed by atoms with Gasteiger partial charge in [0.1, 0.15) is 5.69 Å². The topological polar surface area (TPSA) is 179 Å².